The van der Waals surface area contributed by atoms with Crippen molar-refractivity contribution in [2.24, 2.45) is 0 Å². The SMILES string of the molecule is COc1ccc(CNC(=O)[C@H](C)OC(=O)CCc2nc3ccccc3o2)cc1OC. The Labute approximate surface area is 174 Å². The first-order valence-electron chi connectivity index (χ1n) is 9.52. The maximum atomic E-state index is 12.2. The number of hydrogen-bond acceptors (Lipinski definition) is 7. The van der Waals surface area contributed by atoms with Crippen LogP contribution in [-0.2, 0) is 27.3 Å². The molecule has 1 amide bonds. The smallest absolute Gasteiger partial charge is 0.307 e. The minimum atomic E-state index is -0.915. The van der Waals surface area contributed by atoms with E-state index in [1.54, 1.807) is 26.4 Å². The van der Waals surface area contributed by atoms with E-state index in [4.69, 9.17) is 18.6 Å². The average Bonchev–Trinajstić information content (AvgIpc) is 3.18. The van der Waals surface area contributed by atoms with Crippen LogP contribution in [0.25, 0.3) is 11.1 Å². The Hall–Kier alpha value is -3.55. The Bertz CT molecular complexity index is 996. The predicted octanol–water partition coefficient (Wildman–Crippen LogP) is 3.03. The molecule has 0 radical (unpaired) electrons. The summed E-state index contributed by atoms with van der Waals surface area (Å²) in [6.07, 6.45) is -0.547. The molecule has 158 valence electrons. The van der Waals surface area contributed by atoms with Crippen molar-refractivity contribution in [2.45, 2.75) is 32.4 Å². The van der Waals surface area contributed by atoms with E-state index < -0.39 is 12.1 Å². The van der Waals surface area contributed by atoms with Crippen molar-refractivity contribution in [3.05, 3.63) is 53.9 Å². The van der Waals surface area contributed by atoms with Crippen molar-refractivity contribution in [1.82, 2.24) is 10.3 Å². The maximum absolute atomic E-state index is 12.2. The number of fused-ring (bicyclic) bond motifs is 1. The molecule has 0 spiro atoms. The second-order valence-corrected chi connectivity index (χ2v) is 6.61. The van der Waals surface area contributed by atoms with Crippen LogP contribution in [0.2, 0.25) is 0 Å². The number of aryl methyl sites for hydroxylation is 1. The molecule has 3 aromatic rings. The van der Waals surface area contributed by atoms with Crippen LogP contribution >= 0.6 is 0 Å². The maximum Gasteiger partial charge on any atom is 0.307 e. The molecule has 0 saturated heterocycles. The number of nitrogens with zero attached hydrogens (tertiary/aromatic N) is 1. The number of para-hydroxylation sites is 2. The average molecular weight is 412 g/mol. The molecule has 0 aliphatic carbocycles. The number of methoxy groups -OCH3 is 2. The third-order valence-electron chi connectivity index (χ3n) is 4.47. The van der Waals surface area contributed by atoms with Gasteiger partial charge < -0.3 is 23.9 Å². The van der Waals surface area contributed by atoms with Gasteiger partial charge in [0, 0.05) is 13.0 Å². The van der Waals surface area contributed by atoms with Crippen LogP contribution in [0.4, 0.5) is 0 Å². The Morgan fingerprint density at radius 1 is 1.10 bits per heavy atom. The van der Waals surface area contributed by atoms with Gasteiger partial charge in [0.1, 0.15) is 5.52 Å². The first-order valence-corrected chi connectivity index (χ1v) is 9.52. The fourth-order valence-electron chi connectivity index (χ4n) is 2.87. The van der Waals surface area contributed by atoms with E-state index in [-0.39, 0.29) is 18.9 Å². The molecule has 8 nitrogen and oxygen atoms in total. The molecule has 1 heterocycles. The zero-order valence-corrected chi connectivity index (χ0v) is 17.1. The number of ether oxygens (including phenoxy) is 3. The predicted molar refractivity (Wildman–Crippen MR) is 109 cm³/mol. The van der Waals surface area contributed by atoms with E-state index in [1.165, 1.54) is 6.92 Å². The molecule has 0 bridgehead atoms. The summed E-state index contributed by atoms with van der Waals surface area (Å²) >= 11 is 0. The topological polar surface area (TPSA) is 99.9 Å². The van der Waals surface area contributed by atoms with Crippen molar-refractivity contribution in [3.63, 3.8) is 0 Å². The summed E-state index contributed by atoms with van der Waals surface area (Å²) in [5.74, 6) is 0.751. The molecule has 0 aliphatic heterocycles. The number of benzene rings is 2. The minimum absolute atomic E-state index is 0.0696. The molecule has 1 aromatic heterocycles. The van der Waals surface area contributed by atoms with Gasteiger partial charge in [-0.1, -0.05) is 18.2 Å². The van der Waals surface area contributed by atoms with Gasteiger partial charge in [-0.2, -0.15) is 0 Å². The molecule has 1 atom stereocenters. The molecule has 30 heavy (non-hydrogen) atoms. The number of carbonyl (C=O) groups excluding carboxylic acids is 2. The van der Waals surface area contributed by atoms with Crippen LogP contribution in [0.3, 0.4) is 0 Å². The molecule has 0 saturated carbocycles. The van der Waals surface area contributed by atoms with Crippen molar-refractivity contribution in [3.8, 4) is 11.5 Å². The molecule has 0 aliphatic rings. The summed E-state index contributed by atoms with van der Waals surface area (Å²) in [4.78, 5) is 28.6. The van der Waals surface area contributed by atoms with E-state index >= 15 is 0 Å². The quantitative estimate of drug-likeness (QED) is 0.539. The lowest BCUT2D eigenvalue weighted by Crippen LogP contribution is -2.35. The van der Waals surface area contributed by atoms with E-state index in [0.717, 1.165) is 11.1 Å². The lowest BCUT2D eigenvalue weighted by molar-refractivity contribution is -0.154. The van der Waals surface area contributed by atoms with Crippen LogP contribution in [0, 0.1) is 0 Å². The second kappa shape index (κ2) is 9.78. The lowest BCUT2D eigenvalue weighted by Gasteiger charge is -2.14. The van der Waals surface area contributed by atoms with Gasteiger partial charge in [0.25, 0.3) is 5.91 Å². The number of amides is 1. The van der Waals surface area contributed by atoms with Crippen molar-refractivity contribution in [2.75, 3.05) is 14.2 Å². The molecule has 8 heteroatoms. The van der Waals surface area contributed by atoms with Gasteiger partial charge in [-0.25, -0.2) is 4.98 Å². The highest BCUT2D eigenvalue weighted by atomic mass is 16.5. The van der Waals surface area contributed by atoms with Gasteiger partial charge in [-0.05, 0) is 36.8 Å². The molecule has 1 N–H and O–H groups in total. The first kappa shape index (κ1) is 21.2. The second-order valence-electron chi connectivity index (χ2n) is 6.61. The van der Waals surface area contributed by atoms with Crippen molar-refractivity contribution in [1.29, 1.82) is 0 Å². The highest BCUT2D eigenvalue weighted by Crippen LogP contribution is 2.27. The van der Waals surface area contributed by atoms with E-state index in [2.05, 4.69) is 10.3 Å². The summed E-state index contributed by atoms with van der Waals surface area (Å²) in [6.45, 7) is 1.80. The molecular weight excluding hydrogens is 388 g/mol. The third-order valence-corrected chi connectivity index (χ3v) is 4.47. The molecule has 0 fully saturated rings. The summed E-state index contributed by atoms with van der Waals surface area (Å²) in [6, 6.07) is 12.7. The minimum Gasteiger partial charge on any atom is -0.493 e. The van der Waals surface area contributed by atoms with Gasteiger partial charge in [0.15, 0.2) is 29.1 Å². The molecule has 0 unspecified atom stereocenters. The van der Waals surface area contributed by atoms with Crippen LogP contribution in [0.5, 0.6) is 11.5 Å². The summed E-state index contributed by atoms with van der Waals surface area (Å²) < 4.78 is 21.2. The summed E-state index contributed by atoms with van der Waals surface area (Å²) in [7, 11) is 3.10. The van der Waals surface area contributed by atoms with Gasteiger partial charge in [0.05, 0.1) is 20.6 Å². The lowest BCUT2D eigenvalue weighted by atomic mass is 10.2. The summed E-state index contributed by atoms with van der Waals surface area (Å²) in [5.41, 5.74) is 2.24. The van der Waals surface area contributed by atoms with Crippen molar-refractivity contribution >= 4 is 23.0 Å². The Morgan fingerprint density at radius 3 is 2.60 bits per heavy atom. The number of nitrogens with one attached hydrogen (secondary N) is 1. The third kappa shape index (κ3) is 5.28. The Balaban J connectivity index is 1.45. The van der Waals surface area contributed by atoms with Gasteiger partial charge in [-0.15, -0.1) is 0 Å². The van der Waals surface area contributed by atoms with E-state index in [1.807, 2.05) is 30.3 Å². The van der Waals surface area contributed by atoms with Crippen molar-refractivity contribution < 1.29 is 28.2 Å². The fourth-order valence-corrected chi connectivity index (χ4v) is 2.87. The van der Waals surface area contributed by atoms with Gasteiger partial charge >= 0.3 is 5.97 Å². The fraction of sp³-hybridized carbons (Fsp3) is 0.318. The van der Waals surface area contributed by atoms with Crippen LogP contribution in [0.1, 0.15) is 24.8 Å². The molecular formula is C22H24N2O6. The standard InChI is InChI=1S/C22H24N2O6/c1-14(22(26)23-13-15-8-9-18(27-2)19(12-15)28-3)29-21(25)11-10-20-24-16-6-4-5-7-17(16)30-20/h4-9,12,14H,10-11,13H2,1-3H3,(H,23,26)/t14-/m0/s1. The number of esters is 1. The largest absolute Gasteiger partial charge is 0.493 e. The van der Waals surface area contributed by atoms with E-state index in [0.29, 0.717) is 29.4 Å². The number of hydrogen-bond donors (Lipinski definition) is 1. The highest BCUT2D eigenvalue weighted by molar-refractivity contribution is 5.83. The van der Waals surface area contributed by atoms with Gasteiger partial charge in [-0.3, -0.25) is 9.59 Å². The van der Waals surface area contributed by atoms with E-state index in [9.17, 15) is 9.59 Å². The number of oxazole rings is 1. The summed E-state index contributed by atoms with van der Waals surface area (Å²) in [5, 5.41) is 2.74. The monoisotopic (exact) mass is 412 g/mol. The number of aromatic nitrogens is 1. The highest BCUT2D eigenvalue weighted by Gasteiger charge is 2.18. The molecule has 2 aromatic carbocycles. The van der Waals surface area contributed by atoms with Crippen LogP contribution in [-0.4, -0.2) is 37.2 Å². The number of rotatable bonds is 9. The van der Waals surface area contributed by atoms with Crippen LogP contribution < -0.4 is 14.8 Å². The van der Waals surface area contributed by atoms with Crippen LogP contribution in [0.15, 0.2) is 46.9 Å². The number of carbonyl (C=O) groups is 2. The normalized spacial score (nSPS) is 11.7. The zero-order chi connectivity index (χ0) is 21.5. The Morgan fingerprint density at radius 2 is 1.87 bits per heavy atom. The van der Waals surface area contributed by atoms with Gasteiger partial charge in [0.2, 0.25) is 0 Å². The zero-order valence-electron chi connectivity index (χ0n) is 17.1. The first-order chi connectivity index (χ1) is 14.5. The molecule has 3 rings (SSSR count). The Kier molecular flexibility index (Phi) is 6.90.